The Balaban J connectivity index is 1.47. The molecule has 3 aromatic carbocycles. The van der Waals surface area contributed by atoms with E-state index in [0.29, 0.717) is 6.04 Å². The Morgan fingerprint density at radius 2 is 1.29 bits per heavy atom. The van der Waals surface area contributed by atoms with E-state index in [-0.39, 0.29) is 0 Å². The minimum atomic E-state index is 0.297. The van der Waals surface area contributed by atoms with Gasteiger partial charge < -0.3 is 21.3 Å². The van der Waals surface area contributed by atoms with Crippen molar-refractivity contribution in [2.75, 3.05) is 19.6 Å². The molecule has 0 amide bonds. The minimum absolute atomic E-state index is 0.297. The number of isothiocyanates is 1. The molecule has 5 nitrogen and oxygen atoms in total. The molecule has 1 aliphatic heterocycles. The Labute approximate surface area is 208 Å². The van der Waals surface area contributed by atoms with Crippen LogP contribution in [0, 0.1) is 0 Å². The van der Waals surface area contributed by atoms with Crippen molar-refractivity contribution in [1.82, 2.24) is 21.3 Å². The molecule has 1 heterocycles. The standard InChI is InChI=1S/C28H33N5S/c34-21-33-27-9-7-22(8-10-27)15-28-20-31-18-25-5-1-3-23(13-25)16-29-11-12-30-17-24-4-2-6-26(14-24)19-32-28/h1-10,13-14,28-32H,11-12,15-20H2. The molecule has 4 N–H and O–H groups in total. The summed E-state index contributed by atoms with van der Waals surface area (Å²) in [5.41, 5.74) is 7.37. The normalized spacial score (nSPS) is 17.7. The highest BCUT2D eigenvalue weighted by Gasteiger charge is 2.10. The second-order valence-corrected chi connectivity index (χ2v) is 8.96. The van der Waals surface area contributed by atoms with E-state index in [4.69, 9.17) is 12.2 Å². The molecule has 0 aromatic heterocycles. The van der Waals surface area contributed by atoms with E-state index in [9.17, 15) is 0 Å². The molecule has 0 saturated carbocycles. The maximum Gasteiger partial charge on any atom is 0.0739 e. The first-order chi connectivity index (χ1) is 16.8. The lowest BCUT2D eigenvalue weighted by Gasteiger charge is -2.21. The van der Waals surface area contributed by atoms with Crippen LogP contribution < -0.4 is 21.3 Å². The fraction of sp³-hybridized carbons (Fsp3) is 0.321. The Bertz CT molecular complexity index is 1090. The molecule has 176 valence electrons. The lowest BCUT2D eigenvalue weighted by atomic mass is 10.0. The third-order valence-corrected chi connectivity index (χ3v) is 6.12. The molecule has 4 bridgehead atoms. The third kappa shape index (κ3) is 7.96. The molecule has 0 fully saturated rings. The molecular weight excluding hydrogens is 438 g/mol. The highest BCUT2D eigenvalue weighted by atomic mass is 32.1. The first-order valence-corrected chi connectivity index (χ1v) is 12.4. The van der Waals surface area contributed by atoms with Crippen LogP contribution in [0.1, 0.15) is 27.8 Å². The van der Waals surface area contributed by atoms with Crippen molar-refractivity contribution in [2.24, 2.45) is 4.99 Å². The van der Waals surface area contributed by atoms with E-state index in [1.54, 1.807) is 0 Å². The zero-order valence-electron chi connectivity index (χ0n) is 19.5. The van der Waals surface area contributed by atoms with Gasteiger partial charge in [-0.25, -0.2) is 0 Å². The zero-order valence-corrected chi connectivity index (χ0v) is 20.3. The molecule has 0 aliphatic carbocycles. The number of nitrogens with zero attached hydrogens (tertiary/aromatic N) is 1. The average Bonchev–Trinajstić information content (AvgIpc) is 2.86. The smallest absolute Gasteiger partial charge is 0.0739 e. The second kappa shape index (κ2) is 13.3. The predicted octanol–water partition coefficient (Wildman–Crippen LogP) is 4.10. The Hall–Kier alpha value is -2.70. The van der Waals surface area contributed by atoms with E-state index in [1.165, 1.54) is 27.8 Å². The highest BCUT2D eigenvalue weighted by molar-refractivity contribution is 7.78. The van der Waals surface area contributed by atoms with Crippen LogP contribution in [0.5, 0.6) is 0 Å². The molecule has 34 heavy (non-hydrogen) atoms. The van der Waals surface area contributed by atoms with Crippen LogP contribution in [0.4, 0.5) is 5.69 Å². The van der Waals surface area contributed by atoms with Crippen molar-refractivity contribution >= 4 is 23.1 Å². The maximum atomic E-state index is 4.71. The van der Waals surface area contributed by atoms with E-state index in [0.717, 1.165) is 57.9 Å². The molecule has 1 unspecified atom stereocenters. The number of aliphatic imine (C=N–C) groups is 1. The lowest BCUT2D eigenvalue weighted by Crippen LogP contribution is -2.39. The van der Waals surface area contributed by atoms with Crippen LogP contribution in [0.15, 0.2) is 77.8 Å². The van der Waals surface area contributed by atoms with Crippen LogP contribution in [-0.4, -0.2) is 30.8 Å². The number of benzene rings is 3. The average molecular weight is 472 g/mol. The third-order valence-electron chi connectivity index (χ3n) is 6.03. The van der Waals surface area contributed by atoms with Crippen molar-refractivity contribution in [3.8, 4) is 0 Å². The summed E-state index contributed by atoms with van der Waals surface area (Å²) >= 11 is 4.71. The van der Waals surface area contributed by atoms with Crippen molar-refractivity contribution in [2.45, 2.75) is 38.6 Å². The topological polar surface area (TPSA) is 60.5 Å². The van der Waals surface area contributed by atoms with Crippen molar-refractivity contribution in [1.29, 1.82) is 0 Å². The summed E-state index contributed by atoms with van der Waals surface area (Å²) < 4.78 is 0. The number of thiocarbonyl (C=S) groups is 1. The van der Waals surface area contributed by atoms with Gasteiger partial charge in [0.1, 0.15) is 0 Å². The monoisotopic (exact) mass is 471 g/mol. The van der Waals surface area contributed by atoms with Gasteiger partial charge in [-0.1, -0.05) is 60.7 Å². The molecule has 3 aromatic rings. The van der Waals surface area contributed by atoms with E-state index < -0.39 is 0 Å². The summed E-state index contributed by atoms with van der Waals surface area (Å²) in [6.07, 6.45) is 0.930. The molecule has 0 spiro atoms. The Morgan fingerprint density at radius 3 is 1.88 bits per heavy atom. The van der Waals surface area contributed by atoms with Gasteiger partial charge in [-0.3, -0.25) is 0 Å². The highest BCUT2D eigenvalue weighted by Crippen LogP contribution is 2.14. The number of hydrogen-bond donors (Lipinski definition) is 4. The summed E-state index contributed by atoms with van der Waals surface area (Å²) in [5.74, 6) is 0. The number of nitrogens with one attached hydrogen (secondary N) is 4. The number of fused-ring (bicyclic) bond motifs is 4. The molecule has 0 radical (unpaired) electrons. The molecule has 1 aliphatic rings. The Kier molecular flexibility index (Phi) is 9.52. The van der Waals surface area contributed by atoms with Gasteiger partial charge >= 0.3 is 0 Å². The van der Waals surface area contributed by atoms with E-state index >= 15 is 0 Å². The first-order valence-electron chi connectivity index (χ1n) is 12.0. The van der Waals surface area contributed by atoms with Crippen LogP contribution in [-0.2, 0) is 32.6 Å². The molecule has 4 rings (SSSR count). The van der Waals surface area contributed by atoms with Gasteiger partial charge in [0, 0.05) is 51.9 Å². The molecule has 6 heteroatoms. The summed E-state index contributed by atoms with van der Waals surface area (Å²) in [5, 5.41) is 17.0. The predicted molar refractivity (Wildman–Crippen MR) is 143 cm³/mol. The minimum Gasteiger partial charge on any atom is -0.311 e. The van der Waals surface area contributed by atoms with Crippen molar-refractivity contribution in [3.05, 3.63) is 101 Å². The van der Waals surface area contributed by atoms with E-state index in [1.807, 2.05) is 12.1 Å². The fourth-order valence-electron chi connectivity index (χ4n) is 4.25. The fourth-order valence-corrected chi connectivity index (χ4v) is 4.36. The first kappa shape index (κ1) is 24.4. The van der Waals surface area contributed by atoms with Gasteiger partial charge in [0.15, 0.2) is 0 Å². The van der Waals surface area contributed by atoms with Gasteiger partial charge in [-0.2, -0.15) is 4.99 Å². The van der Waals surface area contributed by atoms with Gasteiger partial charge in [0.25, 0.3) is 0 Å². The van der Waals surface area contributed by atoms with Crippen LogP contribution in [0.3, 0.4) is 0 Å². The van der Waals surface area contributed by atoms with Gasteiger partial charge in [0.05, 0.1) is 10.8 Å². The van der Waals surface area contributed by atoms with Gasteiger partial charge in [0.2, 0.25) is 0 Å². The molecular formula is C28H33N5S. The van der Waals surface area contributed by atoms with Gasteiger partial charge in [-0.15, -0.1) is 0 Å². The molecule has 0 saturated heterocycles. The van der Waals surface area contributed by atoms with E-state index in [2.05, 4.69) is 92.1 Å². The summed E-state index contributed by atoms with van der Waals surface area (Å²) in [6, 6.07) is 26.2. The van der Waals surface area contributed by atoms with Crippen LogP contribution in [0.2, 0.25) is 0 Å². The van der Waals surface area contributed by atoms with Crippen LogP contribution >= 0.6 is 12.2 Å². The summed E-state index contributed by atoms with van der Waals surface area (Å²) in [4.78, 5) is 4.06. The SMILES string of the molecule is S=C=Nc1ccc(CC2CNCc3cccc(c3)CNCCNCc3cccc(c3)CN2)cc1. The summed E-state index contributed by atoms with van der Waals surface area (Å²) in [6.45, 7) is 6.23. The maximum absolute atomic E-state index is 4.71. The lowest BCUT2D eigenvalue weighted by molar-refractivity contribution is 0.468. The quantitative estimate of drug-likeness (QED) is 0.342. The molecule has 1 atom stereocenters. The zero-order chi connectivity index (χ0) is 23.4. The summed E-state index contributed by atoms with van der Waals surface area (Å²) in [7, 11) is 0. The number of rotatable bonds is 3. The van der Waals surface area contributed by atoms with Crippen molar-refractivity contribution in [3.63, 3.8) is 0 Å². The van der Waals surface area contributed by atoms with Crippen LogP contribution in [0.25, 0.3) is 0 Å². The Morgan fingerprint density at radius 1 is 0.735 bits per heavy atom. The largest absolute Gasteiger partial charge is 0.311 e. The number of hydrogen-bond acceptors (Lipinski definition) is 6. The van der Waals surface area contributed by atoms with Gasteiger partial charge in [-0.05, 0) is 58.6 Å². The van der Waals surface area contributed by atoms with Crippen molar-refractivity contribution < 1.29 is 0 Å². The second-order valence-electron chi connectivity index (χ2n) is 8.78.